The molecule has 0 saturated carbocycles. The van der Waals surface area contributed by atoms with Crippen LogP contribution >= 0.6 is 0 Å². The molecule has 0 bridgehead atoms. The second-order valence-electron chi connectivity index (χ2n) is 3.32. The Morgan fingerprint density at radius 2 is 2.00 bits per heavy atom. The number of hydrogen-bond acceptors (Lipinski definition) is 3. The smallest absolute Gasteiger partial charge is 0.235 e. The first-order chi connectivity index (χ1) is 7.02. The van der Waals surface area contributed by atoms with Crippen LogP contribution in [0.1, 0.15) is 0 Å². The van der Waals surface area contributed by atoms with Crippen molar-refractivity contribution in [2.75, 3.05) is 25.6 Å². The van der Waals surface area contributed by atoms with Crippen molar-refractivity contribution < 1.29 is 9.00 Å². The maximum Gasteiger partial charge on any atom is 0.235 e. The van der Waals surface area contributed by atoms with E-state index in [1.165, 1.54) is 4.90 Å². The van der Waals surface area contributed by atoms with Crippen LogP contribution in [0.25, 0.3) is 0 Å². The number of carbonyl (C=O) groups excluding carboxylic acids is 1. The third kappa shape index (κ3) is 3.06. The summed E-state index contributed by atoms with van der Waals surface area (Å²) in [5, 5.41) is 0. The summed E-state index contributed by atoms with van der Waals surface area (Å²) in [4.78, 5) is 13.3. The molecule has 15 heavy (non-hydrogen) atoms. The van der Waals surface area contributed by atoms with Gasteiger partial charge in [-0.1, -0.05) is 12.1 Å². The lowest BCUT2D eigenvalue weighted by Gasteiger charge is -2.10. The molecule has 0 aliphatic rings. The molecule has 1 atom stereocenters. The van der Waals surface area contributed by atoms with Gasteiger partial charge in [0.1, 0.15) is 5.75 Å². The van der Waals surface area contributed by atoms with Crippen LogP contribution in [0.2, 0.25) is 0 Å². The quantitative estimate of drug-likeness (QED) is 0.762. The van der Waals surface area contributed by atoms with E-state index in [1.54, 1.807) is 38.4 Å². The van der Waals surface area contributed by atoms with Crippen LogP contribution in [0.3, 0.4) is 0 Å². The molecule has 82 valence electrons. The Kier molecular flexibility index (Phi) is 3.85. The number of rotatable bonds is 3. The summed E-state index contributed by atoms with van der Waals surface area (Å²) < 4.78 is 11.8. The maximum absolute atomic E-state index is 11.8. The summed E-state index contributed by atoms with van der Waals surface area (Å²) in [6.45, 7) is 0. The van der Waals surface area contributed by atoms with Gasteiger partial charge in [-0.05, 0) is 12.1 Å². The normalized spacial score (nSPS) is 12.1. The number of carbonyl (C=O) groups is 1. The maximum atomic E-state index is 11.8. The highest BCUT2D eigenvalue weighted by atomic mass is 32.2. The molecule has 0 radical (unpaired) electrons. The second-order valence-corrected chi connectivity index (χ2v) is 4.74. The molecule has 4 nitrogen and oxygen atoms in total. The van der Waals surface area contributed by atoms with Crippen LogP contribution in [0, 0.1) is 0 Å². The summed E-state index contributed by atoms with van der Waals surface area (Å²) >= 11 is 0. The second kappa shape index (κ2) is 4.93. The van der Waals surface area contributed by atoms with Gasteiger partial charge in [0.05, 0.1) is 15.7 Å². The van der Waals surface area contributed by atoms with E-state index in [4.69, 9.17) is 5.73 Å². The molecule has 2 N–H and O–H groups in total. The van der Waals surface area contributed by atoms with Crippen molar-refractivity contribution >= 4 is 22.4 Å². The number of anilines is 1. The summed E-state index contributed by atoms with van der Waals surface area (Å²) in [5.41, 5.74) is 6.12. The van der Waals surface area contributed by atoms with Crippen molar-refractivity contribution in [3.8, 4) is 0 Å². The molecule has 1 amide bonds. The average Bonchev–Trinajstić information content (AvgIpc) is 2.18. The SMILES string of the molecule is CN(C)C(=O)CS(=O)c1ccccc1N. The van der Waals surface area contributed by atoms with E-state index < -0.39 is 10.8 Å². The van der Waals surface area contributed by atoms with E-state index in [2.05, 4.69) is 0 Å². The van der Waals surface area contributed by atoms with Crippen molar-refractivity contribution in [2.45, 2.75) is 4.90 Å². The standard InChI is InChI=1S/C10H14N2O2S/c1-12(2)10(13)7-15(14)9-6-4-3-5-8(9)11/h3-6H,7,11H2,1-2H3. The Labute approximate surface area is 91.5 Å². The Bertz CT molecular complexity index is 391. The van der Waals surface area contributed by atoms with Gasteiger partial charge in [-0.3, -0.25) is 9.00 Å². The average molecular weight is 226 g/mol. The lowest BCUT2D eigenvalue weighted by Crippen LogP contribution is -2.27. The molecule has 0 spiro atoms. The first-order valence-electron chi connectivity index (χ1n) is 4.45. The zero-order chi connectivity index (χ0) is 11.4. The number of amides is 1. The lowest BCUT2D eigenvalue weighted by atomic mass is 10.3. The summed E-state index contributed by atoms with van der Waals surface area (Å²) in [5.74, 6) is -0.196. The van der Waals surface area contributed by atoms with Crippen LogP contribution < -0.4 is 5.73 Å². The zero-order valence-corrected chi connectivity index (χ0v) is 9.58. The van der Waals surface area contributed by atoms with Crippen molar-refractivity contribution in [3.05, 3.63) is 24.3 Å². The molecule has 5 heteroatoms. The van der Waals surface area contributed by atoms with Crippen molar-refractivity contribution in [3.63, 3.8) is 0 Å². The minimum atomic E-state index is -1.36. The zero-order valence-electron chi connectivity index (χ0n) is 8.77. The molecular formula is C10H14N2O2S. The first kappa shape index (κ1) is 11.7. The number of nitrogen functional groups attached to an aromatic ring is 1. The third-order valence-corrected chi connectivity index (χ3v) is 3.29. The van der Waals surface area contributed by atoms with E-state index in [-0.39, 0.29) is 11.7 Å². The van der Waals surface area contributed by atoms with Crippen molar-refractivity contribution in [1.29, 1.82) is 0 Å². The number of para-hydroxylation sites is 1. The summed E-state index contributed by atoms with van der Waals surface area (Å²) in [6.07, 6.45) is 0. The monoisotopic (exact) mass is 226 g/mol. The Hall–Kier alpha value is -1.36. The third-order valence-electron chi connectivity index (χ3n) is 1.92. The van der Waals surface area contributed by atoms with Crippen LogP contribution in [0.4, 0.5) is 5.69 Å². The number of nitrogens with two attached hydrogens (primary N) is 1. The minimum absolute atomic E-state index is 0.0266. The highest BCUT2D eigenvalue weighted by molar-refractivity contribution is 7.86. The van der Waals surface area contributed by atoms with Crippen LogP contribution in [0.5, 0.6) is 0 Å². The van der Waals surface area contributed by atoms with Gasteiger partial charge in [0.25, 0.3) is 0 Å². The molecule has 1 aromatic rings. The van der Waals surface area contributed by atoms with Gasteiger partial charge < -0.3 is 10.6 Å². The van der Waals surface area contributed by atoms with Gasteiger partial charge in [-0.15, -0.1) is 0 Å². The predicted molar refractivity (Wildman–Crippen MR) is 60.8 cm³/mol. The molecule has 0 saturated heterocycles. The lowest BCUT2D eigenvalue weighted by molar-refractivity contribution is -0.125. The molecule has 0 aliphatic carbocycles. The Morgan fingerprint density at radius 3 is 2.53 bits per heavy atom. The number of hydrogen-bond donors (Lipinski definition) is 1. The van der Waals surface area contributed by atoms with Gasteiger partial charge >= 0.3 is 0 Å². The molecule has 0 aromatic heterocycles. The van der Waals surface area contributed by atoms with Gasteiger partial charge in [-0.2, -0.15) is 0 Å². The topological polar surface area (TPSA) is 63.4 Å². The summed E-state index contributed by atoms with van der Waals surface area (Å²) in [7, 11) is 1.90. The van der Waals surface area contributed by atoms with Crippen molar-refractivity contribution in [1.82, 2.24) is 4.90 Å². The van der Waals surface area contributed by atoms with Gasteiger partial charge in [0.2, 0.25) is 5.91 Å². The van der Waals surface area contributed by atoms with Gasteiger partial charge in [-0.25, -0.2) is 0 Å². The molecule has 0 aliphatic heterocycles. The number of benzene rings is 1. The van der Waals surface area contributed by atoms with E-state index in [1.807, 2.05) is 0 Å². The van der Waals surface area contributed by atoms with Gasteiger partial charge in [0, 0.05) is 19.8 Å². The van der Waals surface area contributed by atoms with E-state index in [9.17, 15) is 9.00 Å². The fraction of sp³-hybridized carbons (Fsp3) is 0.300. The molecule has 0 heterocycles. The van der Waals surface area contributed by atoms with E-state index >= 15 is 0 Å². The van der Waals surface area contributed by atoms with E-state index in [0.717, 1.165) is 0 Å². The first-order valence-corrected chi connectivity index (χ1v) is 5.77. The molecular weight excluding hydrogens is 212 g/mol. The van der Waals surface area contributed by atoms with Crippen LogP contribution in [-0.4, -0.2) is 34.9 Å². The minimum Gasteiger partial charge on any atom is -0.398 e. The molecule has 1 rings (SSSR count). The Morgan fingerprint density at radius 1 is 1.40 bits per heavy atom. The van der Waals surface area contributed by atoms with Gasteiger partial charge in [0.15, 0.2) is 0 Å². The highest BCUT2D eigenvalue weighted by Gasteiger charge is 2.13. The fourth-order valence-corrected chi connectivity index (χ4v) is 2.21. The molecule has 1 unspecified atom stereocenters. The molecule has 1 aromatic carbocycles. The summed E-state index contributed by atoms with van der Waals surface area (Å²) in [6, 6.07) is 6.87. The predicted octanol–water partition coefficient (Wildman–Crippen LogP) is 0.465. The van der Waals surface area contributed by atoms with Crippen LogP contribution in [-0.2, 0) is 15.6 Å². The van der Waals surface area contributed by atoms with E-state index in [0.29, 0.717) is 10.6 Å². The highest BCUT2D eigenvalue weighted by Crippen LogP contribution is 2.15. The largest absolute Gasteiger partial charge is 0.398 e. The fourth-order valence-electron chi connectivity index (χ4n) is 1.01. The number of nitrogens with zero attached hydrogens (tertiary/aromatic N) is 1. The Balaban J connectivity index is 2.79. The van der Waals surface area contributed by atoms with Crippen molar-refractivity contribution in [2.24, 2.45) is 0 Å². The molecule has 0 fully saturated rings. The van der Waals surface area contributed by atoms with Crippen LogP contribution in [0.15, 0.2) is 29.2 Å².